The molecule has 0 radical (unpaired) electrons. The predicted molar refractivity (Wildman–Crippen MR) is 115 cm³/mol. The zero-order valence-electron chi connectivity index (χ0n) is 16.9. The van der Waals surface area contributed by atoms with E-state index in [1.54, 1.807) is 6.92 Å². The van der Waals surface area contributed by atoms with E-state index < -0.39 is 11.9 Å². The summed E-state index contributed by atoms with van der Waals surface area (Å²) in [5.41, 5.74) is 5.79. The van der Waals surface area contributed by atoms with Crippen LogP contribution in [0.4, 0.5) is 0 Å². The molecule has 0 aliphatic rings. The normalized spacial score (nSPS) is 11.8. The van der Waals surface area contributed by atoms with Crippen LogP contribution in [0.3, 0.4) is 0 Å². The molecule has 2 aromatic carbocycles. The number of aromatic nitrogens is 1. The van der Waals surface area contributed by atoms with Gasteiger partial charge < -0.3 is 9.67 Å². The first kappa shape index (κ1) is 20.4. The first-order valence-electron chi connectivity index (χ1n) is 10.0. The first-order chi connectivity index (χ1) is 14.0. The second-order valence-electron chi connectivity index (χ2n) is 7.41. The Morgan fingerprint density at radius 3 is 2.55 bits per heavy atom. The van der Waals surface area contributed by atoms with E-state index in [1.807, 2.05) is 48.7 Å². The van der Waals surface area contributed by atoms with Gasteiger partial charge in [-0.15, -0.1) is 0 Å². The lowest BCUT2D eigenvalue weighted by molar-refractivity contribution is -0.138. The molecule has 3 aromatic rings. The van der Waals surface area contributed by atoms with Crippen LogP contribution in [0.1, 0.15) is 55.0 Å². The van der Waals surface area contributed by atoms with Gasteiger partial charge in [0.05, 0.1) is 17.6 Å². The monoisotopic (exact) mass is 386 g/mol. The van der Waals surface area contributed by atoms with Gasteiger partial charge in [0.25, 0.3) is 0 Å². The molecule has 0 fully saturated rings. The van der Waals surface area contributed by atoms with E-state index in [0.29, 0.717) is 12.1 Å². The van der Waals surface area contributed by atoms with Crippen LogP contribution in [0.15, 0.2) is 60.8 Å². The summed E-state index contributed by atoms with van der Waals surface area (Å²) >= 11 is 0. The molecule has 0 spiro atoms. The molecule has 3 rings (SSSR count). The van der Waals surface area contributed by atoms with Gasteiger partial charge in [0.1, 0.15) is 0 Å². The molecule has 0 amide bonds. The lowest BCUT2D eigenvalue weighted by Crippen LogP contribution is -2.06. The maximum atomic E-state index is 11.4. The zero-order chi connectivity index (χ0) is 20.8. The minimum absolute atomic E-state index is 0.513. The molecule has 4 heteroatoms. The van der Waals surface area contributed by atoms with E-state index >= 15 is 0 Å². The first-order valence-corrected chi connectivity index (χ1v) is 10.0. The molecule has 1 N–H and O–H groups in total. The molecule has 0 bridgehead atoms. The van der Waals surface area contributed by atoms with Crippen molar-refractivity contribution >= 4 is 5.97 Å². The third kappa shape index (κ3) is 4.75. The number of aryl methyl sites for hydroxylation is 1. The lowest BCUT2D eigenvalue weighted by Gasteiger charge is -2.10. The van der Waals surface area contributed by atoms with E-state index in [1.165, 1.54) is 5.69 Å². The van der Waals surface area contributed by atoms with Crippen LogP contribution in [0.2, 0.25) is 0 Å². The summed E-state index contributed by atoms with van der Waals surface area (Å²) in [5, 5.41) is 18.7. The molecule has 1 heterocycles. The number of hydrogen-bond donors (Lipinski definition) is 1. The van der Waals surface area contributed by atoms with E-state index in [9.17, 15) is 15.2 Å². The fourth-order valence-corrected chi connectivity index (χ4v) is 3.49. The van der Waals surface area contributed by atoms with E-state index in [2.05, 4.69) is 29.7 Å². The van der Waals surface area contributed by atoms with Crippen LogP contribution in [0, 0.1) is 11.3 Å². The van der Waals surface area contributed by atoms with E-state index in [0.717, 1.165) is 41.5 Å². The van der Waals surface area contributed by atoms with Crippen molar-refractivity contribution in [3.05, 3.63) is 83.2 Å². The van der Waals surface area contributed by atoms with Gasteiger partial charge in [0.2, 0.25) is 0 Å². The van der Waals surface area contributed by atoms with Crippen molar-refractivity contribution in [2.24, 2.45) is 0 Å². The average molecular weight is 386 g/mol. The molecule has 0 saturated heterocycles. The van der Waals surface area contributed by atoms with Gasteiger partial charge in [-0.25, -0.2) is 0 Å². The minimum atomic E-state index is -0.801. The van der Waals surface area contributed by atoms with E-state index in [-0.39, 0.29) is 0 Å². The highest BCUT2D eigenvalue weighted by atomic mass is 16.4. The lowest BCUT2D eigenvalue weighted by atomic mass is 9.99. The number of carboxylic acids is 1. The minimum Gasteiger partial charge on any atom is -0.481 e. The highest BCUT2D eigenvalue weighted by Crippen LogP contribution is 2.25. The molecular formula is C25H26N2O2. The second-order valence-corrected chi connectivity index (χ2v) is 7.41. The van der Waals surface area contributed by atoms with Crippen LogP contribution in [-0.4, -0.2) is 15.6 Å². The van der Waals surface area contributed by atoms with Gasteiger partial charge in [-0.05, 0) is 54.2 Å². The number of nitrogens with zero attached hydrogens (tertiary/aromatic N) is 2. The van der Waals surface area contributed by atoms with E-state index in [4.69, 9.17) is 0 Å². The third-order valence-corrected chi connectivity index (χ3v) is 5.33. The van der Waals surface area contributed by atoms with Crippen molar-refractivity contribution in [2.75, 3.05) is 0 Å². The van der Waals surface area contributed by atoms with Gasteiger partial charge in [-0.1, -0.05) is 55.8 Å². The summed E-state index contributed by atoms with van der Waals surface area (Å²) in [7, 11) is 0. The SMILES string of the molecule is CCCCc1cc(C(C)C(=O)O)cn1Cc1ccc(-c2ccccc2C#N)cc1. The van der Waals surface area contributed by atoms with Gasteiger partial charge in [0.15, 0.2) is 0 Å². The summed E-state index contributed by atoms with van der Waals surface area (Å²) in [5.74, 6) is -1.31. The summed E-state index contributed by atoms with van der Waals surface area (Å²) in [4.78, 5) is 11.4. The fourth-order valence-electron chi connectivity index (χ4n) is 3.49. The molecule has 0 aliphatic carbocycles. The molecule has 1 unspecified atom stereocenters. The fraction of sp³-hybridized carbons (Fsp3) is 0.280. The molecule has 0 saturated carbocycles. The molecule has 1 aromatic heterocycles. The Morgan fingerprint density at radius 1 is 1.17 bits per heavy atom. The summed E-state index contributed by atoms with van der Waals surface area (Å²) in [6, 6.07) is 20.1. The van der Waals surface area contributed by atoms with Crippen LogP contribution in [0.25, 0.3) is 11.1 Å². The summed E-state index contributed by atoms with van der Waals surface area (Å²) in [6.07, 6.45) is 5.09. The number of carboxylic acid groups (broad SMARTS) is 1. The van der Waals surface area contributed by atoms with Crippen molar-refractivity contribution in [3.8, 4) is 17.2 Å². The Bertz CT molecular complexity index is 1030. The number of aliphatic carboxylic acids is 1. The summed E-state index contributed by atoms with van der Waals surface area (Å²) < 4.78 is 2.17. The smallest absolute Gasteiger partial charge is 0.310 e. The maximum Gasteiger partial charge on any atom is 0.310 e. The topological polar surface area (TPSA) is 66.0 Å². The van der Waals surface area contributed by atoms with Crippen LogP contribution in [-0.2, 0) is 17.8 Å². The van der Waals surface area contributed by atoms with Crippen molar-refractivity contribution in [1.29, 1.82) is 5.26 Å². The summed E-state index contributed by atoms with van der Waals surface area (Å²) in [6.45, 7) is 4.59. The number of nitriles is 1. The Balaban J connectivity index is 1.85. The molecule has 4 nitrogen and oxygen atoms in total. The van der Waals surface area contributed by atoms with Crippen LogP contribution >= 0.6 is 0 Å². The Labute approximate surface area is 172 Å². The van der Waals surface area contributed by atoms with Crippen molar-refractivity contribution in [1.82, 2.24) is 4.57 Å². The average Bonchev–Trinajstić information content (AvgIpc) is 3.14. The molecule has 0 aliphatic heterocycles. The number of benzene rings is 2. The maximum absolute atomic E-state index is 11.4. The molecule has 148 valence electrons. The molecule has 29 heavy (non-hydrogen) atoms. The Kier molecular flexibility index (Phi) is 6.51. The standard InChI is InChI=1S/C25H26N2O2/c1-3-4-8-23-14-22(18(2)25(28)29)17-27(23)16-19-10-12-20(13-11-19)24-9-6-5-7-21(24)15-26/h5-7,9-14,17-18H,3-4,8,16H2,1-2H3,(H,28,29). The highest BCUT2D eigenvalue weighted by molar-refractivity contribution is 5.75. The molecule has 1 atom stereocenters. The number of hydrogen-bond acceptors (Lipinski definition) is 2. The van der Waals surface area contributed by atoms with Crippen molar-refractivity contribution < 1.29 is 9.90 Å². The number of unbranched alkanes of at least 4 members (excludes halogenated alkanes) is 1. The van der Waals surface area contributed by atoms with Crippen molar-refractivity contribution in [2.45, 2.75) is 45.6 Å². The Morgan fingerprint density at radius 2 is 1.90 bits per heavy atom. The second kappa shape index (κ2) is 9.25. The zero-order valence-corrected chi connectivity index (χ0v) is 16.9. The van der Waals surface area contributed by atoms with Crippen LogP contribution in [0.5, 0.6) is 0 Å². The Hall–Kier alpha value is -3.32. The van der Waals surface area contributed by atoms with Crippen LogP contribution < -0.4 is 0 Å². The van der Waals surface area contributed by atoms with Gasteiger partial charge >= 0.3 is 5.97 Å². The highest BCUT2D eigenvalue weighted by Gasteiger charge is 2.17. The quantitative estimate of drug-likeness (QED) is 0.547. The van der Waals surface area contributed by atoms with Gasteiger partial charge in [0, 0.05) is 18.4 Å². The number of carbonyl (C=O) groups is 1. The predicted octanol–water partition coefficient (Wildman–Crippen LogP) is 5.61. The van der Waals surface area contributed by atoms with Gasteiger partial charge in [-0.2, -0.15) is 5.26 Å². The third-order valence-electron chi connectivity index (χ3n) is 5.33. The largest absolute Gasteiger partial charge is 0.481 e. The van der Waals surface area contributed by atoms with Gasteiger partial charge in [-0.3, -0.25) is 4.79 Å². The number of rotatable bonds is 8. The van der Waals surface area contributed by atoms with Crippen molar-refractivity contribution in [3.63, 3.8) is 0 Å². The molecular weight excluding hydrogens is 360 g/mol.